The number of aromatic nitrogens is 1. The van der Waals surface area contributed by atoms with Crippen LogP contribution in [0.25, 0.3) is 5.57 Å². The maximum Gasteiger partial charge on any atom is 0.253 e. The highest BCUT2D eigenvalue weighted by molar-refractivity contribution is 7.91. The van der Waals surface area contributed by atoms with Gasteiger partial charge in [0.25, 0.3) is 5.91 Å². The number of pyridine rings is 1. The summed E-state index contributed by atoms with van der Waals surface area (Å²) in [6.07, 6.45) is 4.56. The molecule has 3 aliphatic rings. The van der Waals surface area contributed by atoms with E-state index in [0.717, 1.165) is 33.7 Å². The van der Waals surface area contributed by atoms with Crippen molar-refractivity contribution < 1.29 is 18.3 Å². The molecule has 2 aliphatic heterocycles. The van der Waals surface area contributed by atoms with Crippen molar-refractivity contribution in [1.82, 2.24) is 9.88 Å². The summed E-state index contributed by atoms with van der Waals surface area (Å²) in [6, 6.07) is 9.00. The number of nitrogens with one attached hydrogen (secondary N) is 1. The van der Waals surface area contributed by atoms with Gasteiger partial charge in [-0.15, -0.1) is 0 Å². The number of carbonyl (C=O) groups is 1. The van der Waals surface area contributed by atoms with Crippen LogP contribution in [0.15, 0.2) is 58.6 Å². The highest BCUT2D eigenvalue weighted by Gasteiger charge is 2.42. The van der Waals surface area contributed by atoms with Gasteiger partial charge in [0.05, 0.1) is 22.8 Å². The fraction of sp³-hybridized carbons (Fsp3) is 0.407. The SMILES string of the molecule is CCS(=O)(=O)c1cccc(C2=CC(C(=O)N3CCC(O)CC3)=C(C)C3Nc4ncc(C)cc4C23)c1. The maximum atomic E-state index is 13.6. The lowest BCUT2D eigenvalue weighted by atomic mass is 9.75. The number of nitrogens with zero attached hydrogens (tertiary/aromatic N) is 2. The van der Waals surface area contributed by atoms with E-state index in [1.807, 2.05) is 37.1 Å². The number of hydrogen-bond acceptors (Lipinski definition) is 6. The van der Waals surface area contributed by atoms with Crippen LogP contribution in [-0.2, 0) is 14.6 Å². The topological polar surface area (TPSA) is 99.6 Å². The van der Waals surface area contributed by atoms with Gasteiger partial charge in [-0.3, -0.25) is 4.79 Å². The molecule has 1 amide bonds. The van der Waals surface area contributed by atoms with Crippen LogP contribution < -0.4 is 5.32 Å². The first-order valence-electron chi connectivity index (χ1n) is 12.2. The van der Waals surface area contributed by atoms with Crippen LogP contribution in [0.4, 0.5) is 5.82 Å². The van der Waals surface area contributed by atoms with Gasteiger partial charge in [-0.1, -0.05) is 25.1 Å². The highest BCUT2D eigenvalue weighted by Crippen LogP contribution is 2.49. The van der Waals surface area contributed by atoms with Gasteiger partial charge < -0.3 is 15.3 Å². The number of anilines is 1. The quantitative estimate of drug-likeness (QED) is 0.677. The molecular weight excluding hydrogens is 462 g/mol. The average molecular weight is 494 g/mol. The zero-order valence-electron chi connectivity index (χ0n) is 20.3. The molecule has 7 nitrogen and oxygen atoms in total. The number of aliphatic hydroxyl groups excluding tert-OH is 1. The Morgan fingerprint density at radius 3 is 2.66 bits per heavy atom. The third-order valence-corrected chi connectivity index (χ3v) is 9.16. The van der Waals surface area contributed by atoms with Gasteiger partial charge in [-0.2, -0.15) is 0 Å². The van der Waals surface area contributed by atoms with Crippen LogP contribution in [-0.4, -0.2) is 60.3 Å². The van der Waals surface area contributed by atoms with Crippen LogP contribution in [0.2, 0.25) is 0 Å². The molecule has 1 fully saturated rings. The highest BCUT2D eigenvalue weighted by atomic mass is 32.2. The minimum absolute atomic E-state index is 0.0264. The Labute approximate surface area is 206 Å². The van der Waals surface area contributed by atoms with Gasteiger partial charge in [0, 0.05) is 36.3 Å². The number of benzene rings is 1. The van der Waals surface area contributed by atoms with E-state index in [2.05, 4.69) is 16.4 Å². The fourth-order valence-electron chi connectivity index (χ4n) is 5.36. The van der Waals surface area contributed by atoms with Gasteiger partial charge in [-0.05, 0) is 67.2 Å². The Hall–Kier alpha value is -2.97. The van der Waals surface area contributed by atoms with E-state index in [1.165, 1.54) is 0 Å². The van der Waals surface area contributed by atoms with Crippen molar-refractivity contribution in [1.29, 1.82) is 0 Å². The third-order valence-electron chi connectivity index (χ3n) is 7.43. The number of aliphatic hydroxyl groups is 1. The predicted molar refractivity (Wildman–Crippen MR) is 136 cm³/mol. The summed E-state index contributed by atoms with van der Waals surface area (Å²) >= 11 is 0. The average Bonchev–Trinajstić information content (AvgIpc) is 3.24. The Kier molecular flexibility index (Phi) is 6.05. The van der Waals surface area contributed by atoms with E-state index in [4.69, 9.17) is 0 Å². The molecule has 0 spiro atoms. The monoisotopic (exact) mass is 493 g/mol. The molecule has 0 bridgehead atoms. The van der Waals surface area contributed by atoms with Crippen molar-refractivity contribution in [2.75, 3.05) is 24.2 Å². The molecule has 2 atom stereocenters. The summed E-state index contributed by atoms with van der Waals surface area (Å²) in [5.41, 5.74) is 5.37. The summed E-state index contributed by atoms with van der Waals surface area (Å²) in [7, 11) is -3.38. The van der Waals surface area contributed by atoms with E-state index in [1.54, 1.807) is 25.1 Å². The fourth-order valence-corrected chi connectivity index (χ4v) is 6.29. The van der Waals surface area contributed by atoms with Gasteiger partial charge in [0.2, 0.25) is 0 Å². The molecule has 3 heterocycles. The van der Waals surface area contributed by atoms with Crippen LogP contribution in [0.3, 0.4) is 0 Å². The smallest absolute Gasteiger partial charge is 0.253 e. The van der Waals surface area contributed by atoms with E-state index in [9.17, 15) is 18.3 Å². The summed E-state index contributed by atoms with van der Waals surface area (Å²) in [6.45, 7) is 6.67. The van der Waals surface area contributed by atoms with Crippen molar-refractivity contribution in [2.45, 2.75) is 56.6 Å². The van der Waals surface area contributed by atoms with Gasteiger partial charge in [0.15, 0.2) is 9.84 Å². The molecule has 1 aliphatic carbocycles. The minimum atomic E-state index is -3.38. The molecule has 2 aromatic rings. The summed E-state index contributed by atoms with van der Waals surface area (Å²) in [4.78, 5) is 20.3. The molecule has 1 aromatic heterocycles. The van der Waals surface area contributed by atoms with Crippen molar-refractivity contribution in [3.8, 4) is 0 Å². The van der Waals surface area contributed by atoms with Crippen LogP contribution in [0.1, 0.15) is 49.3 Å². The van der Waals surface area contributed by atoms with Crippen LogP contribution >= 0.6 is 0 Å². The number of rotatable bonds is 4. The zero-order valence-corrected chi connectivity index (χ0v) is 21.1. The standard InChI is InChI=1S/C27H31N3O4S/c1-4-35(33,34)20-7-5-6-18(13-20)22-14-21(27(32)30-10-8-19(31)9-11-30)17(3)25-24(22)23-12-16(2)15-28-26(23)29-25/h5-7,12-15,19,24-25,31H,4,8-11H2,1-3H3,(H,28,29). The maximum absolute atomic E-state index is 13.6. The lowest BCUT2D eigenvalue weighted by Gasteiger charge is -2.34. The molecule has 0 saturated carbocycles. The Bertz CT molecular complexity index is 1350. The number of amides is 1. The first-order valence-corrected chi connectivity index (χ1v) is 13.8. The molecule has 2 unspecified atom stereocenters. The number of carbonyl (C=O) groups excluding carboxylic acids is 1. The normalized spacial score (nSPS) is 22.4. The van der Waals surface area contributed by atoms with Gasteiger partial charge in [-0.25, -0.2) is 13.4 Å². The summed E-state index contributed by atoms with van der Waals surface area (Å²) in [5.74, 6) is 0.683. The second-order valence-electron chi connectivity index (χ2n) is 9.70. The Balaban J connectivity index is 1.64. The lowest BCUT2D eigenvalue weighted by molar-refractivity contribution is -0.128. The van der Waals surface area contributed by atoms with Crippen LogP contribution in [0.5, 0.6) is 0 Å². The molecule has 35 heavy (non-hydrogen) atoms. The molecule has 0 radical (unpaired) electrons. The number of aryl methyl sites for hydroxylation is 1. The second-order valence-corrected chi connectivity index (χ2v) is 12.0. The number of piperidine rings is 1. The lowest BCUT2D eigenvalue weighted by Crippen LogP contribution is -2.42. The van der Waals surface area contributed by atoms with Crippen molar-refractivity contribution in [3.63, 3.8) is 0 Å². The molecule has 5 rings (SSSR count). The number of fused-ring (bicyclic) bond motifs is 3. The predicted octanol–water partition coefficient (Wildman–Crippen LogP) is 3.46. The molecule has 2 N–H and O–H groups in total. The van der Waals surface area contributed by atoms with Gasteiger partial charge >= 0.3 is 0 Å². The van der Waals surface area contributed by atoms with Crippen molar-refractivity contribution in [2.24, 2.45) is 0 Å². The first-order chi connectivity index (χ1) is 16.7. The van der Waals surface area contributed by atoms with Crippen molar-refractivity contribution >= 4 is 27.1 Å². The number of likely N-dealkylation sites (tertiary alicyclic amines) is 1. The summed E-state index contributed by atoms with van der Waals surface area (Å²) < 4.78 is 25.3. The molecule has 1 aromatic carbocycles. The van der Waals surface area contributed by atoms with Crippen LogP contribution in [0, 0.1) is 6.92 Å². The minimum Gasteiger partial charge on any atom is -0.393 e. The van der Waals surface area contributed by atoms with Gasteiger partial charge in [0.1, 0.15) is 5.82 Å². The second kappa shape index (κ2) is 8.91. The van der Waals surface area contributed by atoms with Crippen molar-refractivity contribution in [3.05, 3.63) is 70.4 Å². The Morgan fingerprint density at radius 1 is 1.20 bits per heavy atom. The first kappa shape index (κ1) is 23.8. The van der Waals surface area contributed by atoms with E-state index >= 15 is 0 Å². The largest absolute Gasteiger partial charge is 0.393 e. The zero-order chi connectivity index (χ0) is 24.9. The Morgan fingerprint density at radius 2 is 1.94 bits per heavy atom. The molecular formula is C27H31N3O4S. The van der Waals surface area contributed by atoms with E-state index in [-0.39, 0.29) is 34.6 Å². The summed E-state index contributed by atoms with van der Waals surface area (Å²) in [5, 5.41) is 13.4. The number of sulfone groups is 1. The third kappa shape index (κ3) is 4.19. The molecule has 8 heteroatoms. The van der Waals surface area contributed by atoms with E-state index in [0.29, 0.717) is 31.5 Å². The number of hydrogen-bond donors (Lipinski definition) is 2. The molecule has 1 saturated heterocycles. The van der Waals surface area contributed by atoms with E-state index < -0.39 is 9.84 Å². The molecule has 184 valence electrons.